The zero-order valence-electron chi connectivity index (χ0n) is 14.7. The van der Waals surface area contributed by atoms with E-state index in [1.54, 1.807) is 25.1 Å². The zero-order chi connectivity index (χ0) is 18.6. The van der Waals surface area contributed by atoms with Gasteiger partial charge in [0, 0.05) is 11.5 Å². The van der Waals surface area contributed by atoms with Crippen molar-refractivity contribution in [3.8, 4) is 0 Å². The molecule has 0 radical (unpaired) electrons. The van der Waals surface area contributed by atoms with Crippen molar-refractivity contribution in [1.82, 2.24) is 0 Å². The fourth-order valence-electron chi connectivity index (χ4n) is 4.02. The van der Waals surface area contributed by atoms with Gasteiger partial charge in [-0.2, -0.15) is 0 Å². The van der Waals surface area contributed by atoms with Gasteiger partial charge in [-0.25, -0.2) is 4.79 Å². The number of carbonyl (C=O) groups is 2. The quantitative estimate of drug-likeness (QED) is 0.471. The zero-order valence-corrected chi connectivity index (χ0v) is 14.7. The fraction of sp³-hybridized carbons (Fsp3) is 0.556. The SMILES string of the molecule is CC(OC(=O)[C@@]12CC[C@@](C)(C(=O)O1)C2(C)C)c1ccccc1[N+](=O)[O-]. The standard InChI is InChI=1S/C18H21NO6/c1-11(12-7-5-6-8-13(12)19(22)23)24-15(21)18-10-9-17(4,14(20)25-18)16(18,2)3/h5-8,11H,9-10H2,1-4H3/t11?,17-,18+/m0/s1. The van der Waals surface area contributed by atoms with Crippen molar-refractivity contribution in [2.24, 2.45) is 10.8 Å². The number of benzene rings is 1. The van der Waals surface area contributed by atoms with E-state index in [4.69, 9.17) is 9.47 Å². The number of esters is 2. The number of carbonyl (C=O) groups excluding carboxylic acids is 2. The largest absolute Gasteiger partial charge is 0.455 e. The van der Waals surface area contributed by atoms with Gasteiger partial charge in [0.05, 0.1) is 15.9 Å². The number of nitrogens with zero attached hydrogens (tertiary/aromatic N) is 1. The Hall–Kier alpha value is -2.44. The predicted octanol–water partition coefficient (Wildman–Crippen LogP) is 3.32. The summed E-state index contributed by atoms with van der Waals surface area (Å²) >= 11 is 0. The van der Waals surface area contributed by atoms with E-state index >= 15 is 0 Å². The maximum atomic E-state index is 12.9. The third kappa shape index (κ3) is 2.11. The second-order valence-corrected chi connectivity index (χ2v) is 7.54. The van der Waals surface area contributed by atoms with Crippen LogP contribution in [0.3, 0.4) is 0 Å². The van der Waals surface area contributed by atoms with E-state index in [0.29, 0.717) is 18.4 Å². The number of para-hydroxylation sites is 1. The van der Waals surface area contributed by atoms with Gasteiger partial charge in [-0.1, -0.05) is 26.0 Å². The molecule has 1 aromatic rings. The van der Waals surface area contributed by atoms with Crippen molar-refractivity contribution in [2.45, 2.75) is 52.2 Å². The molecule has 134 valence electrons. The molecule has 1 aromatic carbocycles. The summed E-state index contributed by atoms with van der Waals surface area (Å²) < 4.78 is 11.0. The highest BCUT2D eigenvalue weighted by atomic mass is 16.6. The van der Waals surface area contributed by atoms with Crippen molar-refractivity contribution in [3.63, 3.8) is 0 Å². The molecule has 1 saturated heterocycles. The number of nitro benzene ring substituents is 1. The highest BCUT2D eigenvalue weighted by molar-refractivity contribution is 5.93. The van der Waals surface area contributed by atoms with Crippen LogP contribution in [-0.2, 0) is 19.1 Å². The van der Waals surface area contributed by atoms with E-state index in [1.807, 2.05) is 20.8 Å². The molecule has 0 spiro atoms. The summed E-state index contributed by atoms with van der Waals surface area (Å²) in [6, 6.07) is 6.12. The highest BCUT2D eigenvalue weighted by Crippen LogP contribution is 2.66. The van der Waals surface area contributed by atoms with Crippen LogP contribution in [0.15, 0.2) is 24.3 Å². The second-order valence-electron chi connectivity index (χ2n) is 7.54. The van der Waals surface area contributed by atoms with Crippen LogP contribution in [0.5, 0.6) is 0 Å². The topological polar surface area (TPSA) is 95.7 Å². The van der Waals surface area contributed by atoms with E-state index in [9.17, 15) is 19.7 Å². The van der Waals surface area contributed by atoms with Crippen molar-refractivity contribution < 1.29 is 24.0 Å². The minimum absolute atomic E-state index is 0.112. The number of nitro groups is 1. The number of hydrogen-bond acceptors (Lipinski definition) is 6. The second kappa shape index (κ2) is 5.28. The van der Waals surface area contributed by atoms with E-state index < -0.39 is 33.4 Å². The van der Waals surface area contributed by atoms with Gasteiger partial charge in [0.15, 0.2) is 0 Å². The van der Waals surface area contributed by atoms with Gasteiger partial charge in [0.2, 0.25) is 5.60 Å². The molecular formula is C18H21NO6. The number of fused-ring (bicyclic) bond motifs is 2. The monoisotopic (exact) mass is 347 g/mol. The van der Waals surface area contributed by atoms with Gasteiger partial charge in [-0.05, 0) is 32.8 Å². The van der Waals surface area contributed by atoms with Crippen molar-refractivity contribution in [1.29, 1.82) is 0 Å². The van der Waals surface area contributed by atoms with E-state index in [1.165, 1.54) is 6.07 Å². The third-order valence-corrected chi connectivity index (χ3v) is 6.27. The average molecular weight is 347 g/mol. The Kier molecular flexibility index (Phi) is 3.67. The summed E-state index contributed by atoms with van der Waals surface area (Å²) in [6.45, 7) is 7.06. The molecule has 1 heterocycles. The molecular weight excluding hydrogens is 326 g/mol. The van der Waals surface area contributed by atoms with Crippen molar-refractivity contribution >= 4 is 17.6 Å². The Morgan fingerprint density at radius 3 is 2.44 bits per heavy atom. The van der Waals surface area contributed by atoms with Crippen LogP contribution < -0.4 is 0 Å². The van der Waals surface area contributed by atoms with Crippen LogP contribution in [0.25, 0.3) is 0 Å². The lowest BCUT2D eigenvalue weighted by molar-refractivity contribution is -0.386. The van der Waals surface area contributed by atoms with E-state index in [2.05, 4.69) is 0 Å². The van der Waals surface area contributed by atoms with Crippen LogP contribution in [0.4, 0.5) is 5.69 Å². The van der Waals surface area contributed by atoms with Crippen molar-refractivity contribution in [3.05, 3.63) is 39.9 Å². The summed E-state index contributed by atoms with van der Waals surface area (Å²) in [6.07, 6.45) is 0.115. The van der Waals surface area contributed by atoms with Gasteiger partial charge in [-0.3, -0.25) is 14.9 Å². The van der Waals surface area contributed by atoms with Gasteiger partial charge < -0.3 is 9.47 Å². The Balaban J connectivity index is 1.89. The Morgan fingerprint density at radius 1 is 1.28 bits per heavy atom. The summed E-state index contributed by atoms with van der Waals surface area (Å²) in [7, 11) is 0. The smallest absolute Gasteiger partial charge is 0.351 e. The Morgan fingerprint density at radius 2 is 1.92 bits per heavy atom. The van der Waals surface area contributed by atoms with E-state index in [0.717, 1.165) is 0 Å². The van der Waals surface area contributed by atoms with Gasteiger partial charge in [0.1, 0.15) is 6.10 Å². The lowest BCUT2D eigenvalue weighted by Gasteiger charge is -2.35. The highest BCUT2D eigenvalue weighted by Gasteiger charge is 2.76. The summed E-state index contributed by atoms with van der Waals surface area (Å²) in [5, 5.41) is 11.2. The van der Waals surface area contributed by atoms with Crippen molar-refractivity contribution in [2.75, 3.05) is 0 Å². The molecule has 2 aliphatic rings. The average Bonchev–Trinajstić information content (AvgIpc) is 2.85. The first kappa shape index (κ1) is 17.4. The molecule has 25 heavy (non-hydrogen) atoms. The number of hydrogen-bond donors (Lipinski definition) is 0. The summed E-state index contributed by atoms with van der Waals surface area (Å²) in [4.78, 5) is 35.9. The predicted molar refractivity (Wildman–Crippen MR) is 87.5 cm³/mol. The molecule has 2 fully saturated rings. The molecule has 0 amide bonds. The minimum Gasteiger partial charge on any atom is -0.455 e. The molecule has 0 aromatic heterocycles. The van der Waals surface area contributed by atoms with Crippen LogP contribution >= 0.6 is 0 Å². The van der Waals surface area contributed by atoms with Crippen LogP contribution in [-0.4, -0.2) is 22.5 Å². The molecule has 1 aliphatic carbocycles. The fourth-order valence-corrected chi connectivity index (χ4v) is 4.02. The normalized spacial score (nSPS) is 30.6. The maximum absolute atomic E-state index is 12.9. The lowest BCUT2D eigenvalue weighted by Crippen LogP contribution is -2.49. The van der Waals surface area contributed by atoms with Gasteiger partial charge >= 0.3 is 11.9 Å². The lowest BCUT2D eigenvalue weighted by atomic mass is 9.66. The number of rotatable bonds is 4. The van der Waals surface area contributed by atoms with Crippen LogP contribution in [0.2, 0.25) is 0 Å². The van der Waals surface area contributed by atoms with Gasteiger partial charge in [0.25, 0.3) is 5.69 Å². The molecule has 1 saturated carbocycles. The molecule has 3 rings (SSSR count). The Bertz CT molecular complexity index is 773. The molecule has 2 bridgehead atoms. The molecule has 3 atom stereocenters. The molecule has 7 heteroatoms. The first-order valence-corrected chi connectivity index (χ1v) is 8.25. The molecule has 7 nitrogen and oxygen atoms in total. The maximum Gasteiger partial charge on any atom is 0.351 e. The Labute approximate surface area is 145 Å². The first-order chi connectivity index (χ1) is 11.6. The minimum atomic E-state index is -1.34. The van der Waals surface area contributed by atoms with Crippen LogP contribution in [0.1, 0.15) is 52.2 Å². The molecule has 1 unspecified atom stereocenters. The summed E-state index contributed by atoms with van der Waals surface area (Å²) in [5.41, 5.74) is -2.58. The van der Waals surface area contributed by atoms with Gasteiger partial charge in [-0.15, -0.1) is 0 Å². The van der Waals surface area contributed by atoms with Crippen LogP contribution in [0, 0.1) is 20.9 Å². The third-order valence-electron chi connectivity index (χ3n) is 6.27. The van der Waals surface area contributed by atoms with E-state index in [-0.39, 0.29) is 11.7 Å². The number of ether oxygens (including phenoxy) is 2. The first-order valence-electron chi connectivity index (χ1n) is 8.25. The molecule has 0 N–H and O–H groups in total. The summed E-state index contributed by atoms with van der Waals surface area (Å²) in [5.74, 6) is -1.03. The molecule has 1 aliphatic heterocycles.